The van der Waals surface area contributed by atoms with Gasteiger partial charge in [0.05, 0.1) is 19.1 Å². The van der Waals surface area contributed by atoms with Gasteiger partial charge in [0.2, 0.25) is 0 Å². The SMILES string of the molecule is C/C=C1/CN(Cc2ccccc2)[C@@H]2C[C@H]1[C@@H](C(=O)OC)c1c2n(C)c2ccccc12. The molecule has 2 bridgehead atoms. The third-order valence-corrected chi connectivity index (χ3v) is 7.06. The summed E-state index contributed by atoms with van der Waals surface area (Å²) in [5.41, 5.74) is 6.29. The number of benzene rings is 2. The summed E-state index contributed by atoms with van der Waals surface area (Å²) in [4.78, 5) is 15.6. The number of nitrogens with zero attached hydrogens (tertiary/aromatic N) is 2. The Labute approximate surface area is 177 Å². The molecule has 1 aromatic heterocycles. The van der Waals surface area contributed by atoms with E-state index >= 15 is 0 Å². The van der Waals surface area contributed by atoms with E-state index in [1.807, 2.05) is 0 Å². The number of piperidine rings is 1. The third kappa shape index (κ3) is 2.82. The summed E-state index contributed by atoms with van der Waals surface area (Å²) in [7, 11) is 3.65. The van der Waals surface area contributed by atoms with Crippen molar-refractivity contribution in [2.24, 2.45) is 13.0 Å². The highest BCUT2D eigenvalue weighted by Gasteiger charge is 2.48. The predicted octanol–water partition coefficient (Wildman–Crippen LogP) is 4.96. The van der Waals surface area contributed by atoms with E-state index in [4.69, 9.17) is 4.74 Å². The van der Waals surface area contributed by atoms with E-state index in [-0.39, 0.29) is 23.8 Å². The molecule has 30 heavy (non-hydrogen) atoms. The fraction of sp³-hybridized carbons (Fsp3) is 0.346. The van der Waals surface area contributed by atoms with Gasteiger partial charge in [-0.25, -0.2) is 0 Å². The van der Waals surface area contributed by atoms with Crippen LogP contribution in [0.2, 0.25) is 0 Å². The second kappa shape index (κ2) is 7.44. The van der Waals surface area contributed by atoms with E-state index in [1.165, 1.54) is 40.4 Å². The Hall–Kier alpha value is -2.85. The summed E-state index contributed by atoms with van der Waals surface area (Å²) in [5, 5.41) is 1.18. The second-order valence-electron chi connectivity index (χ2n) is 8.49. The number of hydrogen-bond acceptors (Lipinski definition) is 3. The lowest BCUT2D eigenvalue weighted by molar-refractivity contribution is -0.144. The van der Waals surface area contributed by atoms with E-state index in [0.717, 1.165) is 19.5 Å². The lowest BCUT2D eigenvalue weighted by atomic mass is 9.68. The Morgan fingerprint density at radius 2 is 1.87 bits per heavy atom. The van der Waals surface area contributed by atoms with Crippen molar-refractivity contribution >= 4 is 16.9 Å². The number of carbonyl (C=O) groups excluding carboxylic acids is 1. The molecule has 1 fully saturated rings. The van der Waals surface area contributed by atoms with Crippen LogP contribution in [0.4, 0.5) is 0 Å². The Balaban J connectivity index is 1.71. The summed E-state index contributed by atoms with van der Waals surface area (Å²) in [6, 6.07) is 19.4. The molecular weight excluding hydrogens is 372 g/mol. The van der Waals surface area contributed by atoms with Gasteiger partial charge in [0.25, 0.3) is 0 Å². The fourth-order valence-electron chi connectivity index (χ4n) is 5.71. The van der Waals surface area contributed by atoms with Gasteiger partial charge in [-0.1, -0.05) is 60.2 Å². The molecule has 0 unspecified atom stereocenters. The van der Waals surface area contributed by atoms with Crippen molar-refractivity contribution in [3.8, 4) is 0 Å². The number of allylic oxidation sites excluding steroid dienone is 1. The molecule has 4 heteroatoms. The molecule has 1 saturated heterocycles. The van der Waals surface area contributed by atoms with Crippen LogP contribution in [-0.4, -0.2) is 29.1 Å². The minimum atomic E-state index is -0.238. The zero-order chi connectivity index (χ0) is 20.8. The van der Waals surface area contributed by atoms with Gasteiger partial charge in [-0.2, -0.15) is 0 Å². The Kier molecular flexibility index (Phi) is 4.75. The smallest absolute Gasteiger partial charge is 0.313 e. The number of esters is 1. The molecule has 0 radical (unpaired) electrons. The quantitative estimate of drug-likeness (QED) is 0.460. The summed E-state index contributed by atoms with van der Waals surface area (Å²) < 4.78 is 7.63. The first-order chi connectivity index (χ1) is 14.6. The van der Waals surface area contributed by atoms with Gasteiger partial charge < -0.3 is 9.30 Å². The van der Waals surface area contributed by atoms with Gasteiger partial charge in [-0.15, -0.1) is 0 Å². The van der Waals surface area contributed by atoms with Crippen LogP contribution in [0.15, 0.2) is 66.2 Å². The molecule has 2 aromatic carbocycles. The summed E-state index contributed by atoms with van der Waals surface area (Å²) in [6.07, 6.45) is 3.16. The van der Waals surface area contributed by atoms with E-state index in [9.17, 15) is 4.79 Å². The zero-order valence-electron chi connectivity index (χ0n) is 17.8. The van der Waals surface area contributed by atoms with Crippen LogP contribution in [0.25, 0.3) is 10.9 Å². The highest BCUT2D eigenvalue weighted by Crippen LogP contribution is 2.53. The number of carbonyl (C=O) groups is 1. The van der Waals surface area contributed by atoms with Crippen molar-refractivity contribution in [3.05, 3.63) is 83.1 Å². The normalized spacial score (nSPS) is 24.8. The first kappa shape index (κ1) is 19.1. The summed E-state index contributed by atoms with van der Waals surface area (Å²) >= 11 is 0. The number of rotatable bonds is 3. The first-order valence-corrected chi connectivity index (χ1v) is 10.7. The number of hydrogen-bond donors (Lipinski definition) is 0. The number of para-hydroxylation sites is 1. The molecule has 4 nitrogen and oxygen atoms in total. The predicted molar refractivity (Wildman–Crippen MR) is 119 cm³/mol. The topological polar surface area (TPSA) is 34.5 Å². The maximum atomic E-state index is 13.0. The standard InChI is InChI=1S/C26H28N2O2/c1-4-18-16-28(15-17-10-6-5-7-11-17)22-14-20(18)24(26(29)30-3)23-19-12-8-9-13-21(19)27(2)25(22)23/h4-13,20,22,24H,14-16H2,1-3H3/b18-4-/t20-,22-,24-/m1/s1. The molecule has 0 amide bonds. The van der Waals surface area contributed by atoms with Crippen LogP contribution in [0.1, 0.15) is 42.1 Å². The van der Waals surface area contributed by atoms with Crippen LogP contribution >= 0.6 is 0 Å². The van der Waals surface area contributed by atoms with Crippen molar-refractivity contribution in [2.45, 2.75) is 31.8 Å². The van der Waals surface area contributed by atoms with Crippen LogP contribution in [-0.2, 0) is 23.1 Å². The largest absolute Gasteiger partial charge is 0.469 e. The molecule has 2 aliphatic rings. The van der Waals surface area contributed by atoms with Crippen molar-refractivity contribution in [2.75, 3.05) is 13.7 Å². The number of methoxy groups -OCH3 is 1. The van der Waals surface area contributed by atoms with Crippen LogP contribution in [0.3, 0.4) is 0 Å². The number of aromatic nitrogens is 1. The molecule has 2 heterocycles. The summed E-state index contributed by atoms with van der Waals surface area (Å²) in [5.74, 6) is -0.165. The molecule has 0 saturated carbocycles. The van der Waals surface area contributed by atoms with Crippen LogP contribution < -0.4 is 0 Å². The van der Waals surface area contributed by atoms with Gasteiger partial charge in [0, 0.05) is 42.7 Å². The molecule has 1 aliphatic heterocycles. The molecule has 0 spiro atoms. The molecule has 3 aromatic rings. The van der Waals surface area contributed by atoms with E-state index in [1.54, 1.807) is 0 Å². The molecule has 1 aliphatic carbocycles. The van der Waals surface area contributed by atoms with E-state index in [2.05, 4.69) is 84.1 Å². The maximum Gasteiger partial charge on any atom is 0.313 e. The van der Waals surface area contributed by atoms with Crippen molar-refractivity contribution in [1.29, 1.82) is 0 Å². The average molecular weight is 401 g/mol. The van der Waals surface area contributed by atoms with Crippen LogP contribution in [0.5, 0.6) is 0 Å². The number of fused-ring (bicyclic) bond motifs is 6. The fourth-order valence-corrected chi connectivity index (χ4v) is 5.71. The van der Waals surface area contributed by atoms with Gasteiger partial charge >= 0.3 is 5.97 Å². The first-order valence-electron chi connectivity index (χ1n) is 10.7. The molecule has 3 atom stereocenters. The minimum absolute atomic E-state index is 0.119. The van der Waals surface area contributed by atoms with Crippen molar-refractivity contribution in [3.63, 3.8) is 0 Å². The monoisotopic (exact) mass is 400 g/mol. The Bertz CT molecular complexity index is 1130. The highest BCUT2D eigenvalue weighted by atomic mass is 16.5. The molecule has 0 N–H and O–H groups in total. The lowest BCUT2D eigenvalue weighted by Gasteiger charge is -2.47. The zero-order valence-corrected chi connectivity index (χ0v) is 17.8. The molecular formula is C26H28N2O2. The van der Waals surface area contributed by atoms with Gasteiger partial charge in [0.15, 0.2) is 0 Å². The summed E-state index contributed by atoms with van der Waals surface area (Å²) in [6.45, 7) is 3.89. The van der Waals surface area contributed by atoms with Crippen molar-refractivity contribution < 1.29 is 9.53 Å². The third-order valence-electron chi connectivity index (χ3n) is 7.06. The lowest BCUT2D eigenvalue weighted by Crippen LogP contribution is -2.45. The second-order valence-corrected chi connectivity index (χ2v) is 8.49. The minimum Gasteiger partial charge on any atom is -0.469 e. The number of likely N-dealkylation sites (tertiary alicyclic amines) is 1. The van der Waals surface area contributed by atoms with Gasteiger partial charge in [-0.05, 0) is 30.5 Å². The van der Waals surface area contributed by atoms with E-state index < -0.39 is 0 Å². The van der Waals surface area contributed by atoms with Crippen LogP contribution in [0, 0.1) is 5.92 Å². The van der Waals surface area contributed by atoms with E-state index in [0.29, 0.717) is 0 Å². The average Bonchev–Trinajstić information content (AvgIpc) is 3.08. The van der Waals surface area contributed by atoms with Gasteiger partial charge in [-0.3, -0.25) is 9.69 Å². The molecule has 154 valence electrons. The highest BCUT2D eigenvalue weighted by molar-refractivity contribution is 5.93. The number of ether oxygens (including phenoxy) is 1. The maximum absolute atomic E-state index is 13.0. The van der Waals surface area contributed by atoms with Crippen molar-refractivity contribution in [1.82, 2.24) is 9.47 Å². The Morgan fingerprint density at radius 3 is 2.60 bits per heavy atom. The van der Waals surface area contributed by atoms with Gasteiger partial charge in [0.1, 0.15) is 0 Å². The molecule has 5 rings (SSSR count). The number of aryl methyl sites for hydroxylation is 1. The Morgan fingerprint density at radius 1 is 1.13 bits per heavy atom.